The van der Waals surface area contributed by atoms with Crippen molar-refractivity contribution in [1.82, 2.24) is 0 Å². The maximum absolute atomic E-state index is 9.46. The van der Waals surface area contributed by atoms with Crippen LogP contribution >= 0.6 is 0 Å². The fourth-order valence-electron chi connectivity index (χ4n) is 2.81. The first-order valence-corrected chi connectivity index (χ1v) is 7.45. The Bertz CT molecular complexity index is 779. The second kappa shape index (κ2) is 6.12. The number of carbonyl (C=O) groups excluding carboxylic acids is 1. The van der Waals surface area contributed by atoms with Crippen molar-refractivity contribution in [2.75, 3.05) is 0 Å². The molecule has 1 N–H and O–H groups in total. The van der Waals surface area contributed by atoms with Crippen LogP contribution in [0.1, 0.15) is 13.3 Å². The maximum atomic E-state index is 9.46. The van der Waals surface area contributed by atoms with Crippen LogP contribution in [0.2, 0.25) is 0 Å². The quantitative estimate of drug-likeness (QED) is 0.434. The van der Waals surface area contributed by atoms with Gasteiger partial charge in [-0.3, -0.25) is 0 Å². The molecule has 0 aliphatic carbocycles. The minimum absolute atomic E-state index is 0.250. The molecule has 0 saturated carbocycles. The number of aliphatic hydroxyl groups excluding tert-OH is 1. The lowest BCUT2D eigenvalue weighted by Gasteiger charge is -2.09. The van der Waals surface area contributed by atoms with Crippen LogP contribution < -0.4 is 0 Å². The molecule has 110 valence electrons. The van der Waals surface area contributed by atoms with Gasteiger partial charge >= 0.3 is 0 Å². The van der Waals surface area contributed by atoms with Gasteiger partial charge in [0.25, 0.3) is 0 Å². The van der Waals surface area contributed by atoms with Gasteiger partial charge in [-0.2, -0.15) is 0 Å². The van der Waals surface area contributed by atoms with Gasteiger partial charge in [0.1, 0.15) is 6.29 Å². The van der Waals surface area contributed by atoms with Gasteiger partial charge in [0.2, 0.25) is 0 Å². The number of rotatable bonds is 2. The number of aldehydes is 1. The standard InChI is InChI=1S/C16H10.C4H8O2/c1-3-11-7-9-13-5-2-6-14-10-8-12(4-1)15(11)16(13)14;1-4(6)2-3-5/h1-10H;3-4,6H,2H2,1H3. The van der Waals surface area contributed by atoms with E-state index >= 15 is 0 Å². The molecule has 0 aliphatic rings. The Morgan fingerprint density at radius 1 is 0.818 bits per heavy atom. The molecule has 4 rings (SSSR count). The predicted octanol–water partition coefficient (Wildman–Crippen LogP) is 4.54. The highest BCUT2D eigenvalue weighted by atomic mass is 16.3. The molecule has 0 spiro atoms. The third-order valence-corrected chi connectivity index (χ3v) is 3.83. The Kier molecular flexibility index (Phi) is 4.03. The molecule has 2 nitrogen and oxygen atoms in total. The molecule has 0 radical (unpaired) electrons. The molecular formula is C20H18O2. The van der Waals surface area contributed by atoms with E-state index in [-0.39, 0.29) is 6.42 Å². The van der Waals surface area contributed by atoms with Gasteiger partial charge in [0.15, 0.2) is 0 Å². The Hall–Kier alpha value is -2.45. The van der Waals surface area contributed by atoms with Crippen LogP contribution in [0.5, 0.6) is 0 Å². The predicted molar refractivity (Wildman–Crippen MR) is 92.5 cm³/mol. The molecule has 0 aliphatic heterocycles. The molecule has 4 aromatic rings. The van der Waals surface area contributed by atoms with E-state index in [4.69, 9.17) is 5.11 Å². The first kappa shape index (κ1) is 14.5. The number of carbonyl (C=O) groups is 1. The largest absolute Gasteiger partial charge is 0.393 e. The summed E-state index contributed by atoms with van der Waals surface area (Å²) in [7, 11) is 0. The summed E-state index contributed by atoms with van der Waals surface area (Å²) in [6.45, 7) is 1.58. The number of aliphatic hydroxyl groups is 1. The van der Waals surface area contributed by atoms with Crippen LogP contribution in [-0.4, -0.2) is 17.5 Å². The van der Waals surface area contributed by atoms with E-state index in [0.29, 0.717) is 6.29 Å². The van der Waals surface area contributed by atoms with E-state index in [1.54, 1.807) is 6.92 Å². The van der Waals surface area contributed by atoms with Crippen molar-refractivity contribution in [3.8, 4) is 0 Å². The fraction of sp³-hybridized carbons (Fsp3) is 0.150. The minimum atomic E-state index is -0.470. The summed E-state index contributed by atoms with van der Waals surface area (Å²) >= 11 is 0. The van der Waals surface area contributed by atoms with Gasteiger partial charge in [-0.15, -0.1) is 0 Å². The first-order chi connectivity index (χ1) is 10.7. The number of hydrogen-bond acceptors (Lipinski definition) is 2. The zero-order valence-corrected chi connectivity index (χ0v) is 12.5. The molecule has 0 fully saturated rings. The minimum Gasteiger partial charge on any atom is -0.393 e. The maximum Gasteiger partial charge on any atom is 0.122 e. The SMILES string of the molecule is CC(O)CC=O.c1cc2ccc3cccc4ccc(c1)c2c34. The van der Waals surface area contributed by atoms with Crippen molar-refractivity contribution in [2.24, 2.45) is 0 Å². The van der Waals surface area contributed by atoms with Crippen LogP contribution in [0, 0.1) is 0 Å². The van der Waals surface area contributed by atoms with Gasteiger partial charge < -0.3 is 9.90 Å². The average molecular weight is 290 g/mol. The van der Waals surface area contributed by atoms with Crippen molar-refractivity contribution in [2.45, 2.75) is 19.4 Å². The molecule has 4 aromatic carbocycles. The van der Waals surface area contributed by atoms with Crippen molar-refractivity contribution < 1.29 is 9.90 Å². The third kappa shape index (κ3) is 2.66. The summed E-state index contributed by atoms with van der Waals surface area (Å²) in [5.74, 6) is 0. The highest BCUT2D eigenvalue weighted by Gasteiger charge is 2.05. The summed E-state index contributed by atoms with van der Waals surface area (Å²) < 4.78 is 0. The second-order valence-electron chi connectivity index (χ2n) is 5.54. The van der Waals surface area contributed by atoms with Crippen molar-refractivity contribution in [3.05, 3.63) is 60.7 Å². The molecule has 1 atom stereocenters. The molecule has 0 amide bonds. The Labute approximate surface area is 129 Å². The highest BCUT2D eigenvalue weighted by molar-refractivity contribution is 6.22. The smallest absolute Gasteiger partial charge is 0.122 e. The zero-order valence-electron chi connectivity index (χ0n) is 12.5. The van der Waals surface area contributed by atoms with Crippen molar-refractivity contribution >= 4 is 38.6 Å². The molecule has 1 unspecified atom stereocenters. The van der Waals surface area contributed by atoms with Gasteiger partial charge in [0.05, 0.1) is 6.10 Å². The van der Waals surface area contributed by atoms with Crippen molar-refractivity contribution in [1.29, 1.82) is 0 Å². The lowest BCUT2D eigenvalue weighted by molar-refractivity contribution is -0.109. The third-order valence-electron chi connectivity index (χ3n) is 3.83. The van der Waals surface area contributed by atoms with Crippen LogP contribution in [0.3, 0.4) is 0 Å². The van der Waals surface area contributed by atoms with Crippen LogP contribution in [0.25, 0.3) is 32.3 Å². The molecular weight excluding hydrogens is 272 g/mol. The van der Waals surface area contributed by atoms with E-state index in [9.17, 15) is 4.79 Å². The first-order valence-electron chi connectivity index (χ1n) is 7.45. The topological polar surface area (TPSA) is 37.3 Å². The summed E-state index contributed by atoms with van der Waals surface area (Å²) in [5.41, 5.74) is 0. The Balaban J connectivity index is 0.000000209. The molecule has 0 heterocycles. The second-order valence-corrected chi connectivity index (χ2v) is 5.54. The normalized spacial score (nSPS) is 12.3. The summed E-state index contributed by atoms with van der Waals surface area (Å²) in [6.07, 6.45) is 0.479. The van der Waals surface area contributed by atoms with Gasteiger partial charge in [-0.05, 0) is 39.2 Å². The molecule has 22 heavy (non-hydrogen) atoms. The summed E-state index contributed by atoms with van der Waals surface area (Å²) in [6, 6.07) is 21.9. The number of benzene rings is 4. The van der Waals surface area contributed by atoms with E-state index in [0.717, 1.165) is 0 Å². The lowest BCUT2D eigenvalue weighted by atomic mass is 9.95. The molecule has 2 heteroatoms. The monoisotopic (exact) mass is 290 g/mol. The van der Waals surface area contributed by atoms with E-state index < -0.39 is 6.10 Å². The van der Waals surface area contributed by atoms with Crippen LogP contribution in [0.15, 0.2) is 60.7 Å². The summed E-state index contributed by atoms with van der Waals surface area (Å²) in [5, 5.41) is 16.5. The van der Waals surface area contributed by atoms with Crippen LogP contribution in [0.4, 0.5) is 0 Å². The number of hydrogen-bond donors (Lipinski definition) is 1. The summed E-state index contributed by atoms with van der Waals surface area (Å²) in [4.78, 5) is 9.46. The molecule has 0 bridgehead atoms. The van der Waals surface area contributed by atoms with Crippen molar-refractivity contribution in [3.63, 3.8) is 0 Å². The molecule has 0 aromatic heterocycles. The highest BCUT2D eigenvalue weighted by Crippen LogP contribution is 2.33. The molecule has 0 saturated heterocycles. The van der Waals surface area contributed by atoms with Gasteiger partial charge in [-0.1, -0.05) is 60.7 Å². The fourth-order valence-corrected chi connectivity index (χ4v) is 2.81. The average Bonchev–Trinajstić information content (AvgIpc) is 2.53. The Morgan fingerprint density at radius 2 is 1.18 bits per heavy atom. The van der Waals surface area contributed by atoms with E-state index in [1.165, 1.54) is 32.3 Å². The van der Waals surface area contributed by atoms with Gasteiger partial charge in [0, 0.05) is 6.42 Å². The van der Waals surface area contributed by atoms with E-state index in [1.807, 2.05) is 0 Å². The Morgan fingerprint density at radius 3 is 1.41 bits per heavy atom. The lowest BCUT2D eigenvalue weighted by Crippen LogP contribution is -1.97. The zero-order chi connectivity index (χ0) is 15.5. The van der Waals surface area contributed by atoms with Crippen LogP contribution in [-0.2, 0) is 4.79 Å². The van der Waals surface area contributed by atoms with E-state index in [2.05, 4.69) is 60.7 Å². The van der Waals surface area contributed by atoms with Gasteiger partial charge in [-0.25, -0.2) is 0 Å².